The number of benzene rings is 1. The van der Waals surface area contributed by atoms with Gasteiger partial charge in [0.1, 0.15) is 10.6 Å². The van der Waals surface area contributed by atoms with E-state index in [0.717, 1.165) is 20.7 Å². The third-order valence-electron chi connectivity index (χ3n) is 4.93. The normalized spacial score (nSPS) is 11.3. The standard InChI is InChI=1S/C21H21N5O3S/c1-4-9-26-20(27)14-8-6-5-7-13(14)17(25-26)21(28)29-10-15-23-18(22)16-11(2)12(3)30-19(16)24-15/h5-8H,4,9-10H2,1-3H3,(H2,22,23,24). The van der Waals surface area contributed by atoms with Crippen LogP contribution < -0.4 is 11.3 Å². The average molecular weight is 423 g/mol. The first-order chi connectivity index (χ1) is 14.4. The lowest BCUT2D eigenvalue weighted by atomic mass is 10.1. The number of hydrogen-bond acceptors (Lipinski definition) is 8. The maximum atomic E-state index is 12.8. The number of carbonyl (C=O) groups excluding carboxylic acids is 1. The molecule has 4 rings (SSSR count). The molecule has 9 heteroatoms. The molecule has 0 fully saturated rings. The number of aryl methyl sites for hydroxylation is 3. The Balaban J connectivity index is 1.66. The fraction of sp³-hybridized carbons (Fsp3) is 0.286. The Morgan fingerprint density at radius 2 is 1.93 bits per heavy atom. The van der Waals surface area contributed by atoms with Crippen LogP contribution in [0.2, 0.25) is 0 Å². The SMILES string of the molecule is CCCn1nc(C(=O)OCc2nc(N)c3c(C)c(C)sc3n2)c2ccccc2c1=O. The number of ether oxygens (including phenoxy) is 1. The van der Waals surface area contributed by atoms with E-state index in [0.29, 0.717) is 35.4 Å². The average Bonchev–Trinajstić information content (AvgIpc) is 3.02. The fourth-order valence-electron chi connectivity index (χ4n) is 3.34. The lowest BCUT2D eigenvalue weighted by Crippen LogP contribution is -2.26. The Bertz CT molecular complexity index is 1340. The fourth-order valence-corrected chi connectivity index (χ4v) is 4.39. The number of aromatic nitrogens is 4. The summed E-state index contributed by atoms with van der Waals surface area (Å²) >= 11 is 1.53. The number of nitrogen functional groups attached to an aromatic ring is 1. The lowest BCUT2D eigenvalue weighted by Gasteiger charge is -2.10. The zero-order chi connectivity index (χ0) is 21.4. The molecule has 0 spiro atoms. The highest BCUT2D eigenvalue weighted by Crippen LogP contribution is 2.31. The third kappa shape index (κ3) is 3.41. The van der Waals surface area contributed by atoms with E-state index in [1.54, 1.807) is 24.3 Å². The van der Waals surface area contributed by atoms with Crippen LogP contribution in [0, 0.1) is 13.8 Å². The Hall–Kier alpha value is -3.33. The largest absolute Gasteiger partial charge is 0.453 e. The highest BCUT2D eigenvalue weighted by Gasteiger charge is 2.19. The van der Waals surface area contributed by atoms with Crippen LogP contribution in [-0.2, 0) is 17.9 Å². The van der Waals surface area contributed by atoms with E-state index in [-0.39, 0.29) is 17.9 Å². The van der Waals surface area contributed by atoms with Gasteiger partial charge in [0.05, 0.1) is 10.8 Å². The predicted molar refractivity (Wildman–Crippen MR) is 117 cm³/mol. The minimum Gasteiger partial charge on any atom is -0.453 e. The minimum absolute atomic E-state index is 0.0931. The van der Waals surface area contributed by atoms with Crippen LogP contribution in [0.5, 0.6) is 0 Å². The highest BCUT2D eigenvalue weighted by molar-refractivity contribution is 7.18. The second-order valence-corrected chi connectivity index (χ2v) is 8.19. The number of nitrogens with two attached hydrogens (primary N) is 1. The Kier molecular flexibility index (Phi) is 5.21. The molecule has 0 atom stereocenters. The summed E-state index contributed by atoms with van der Waals surface area (Å²) < 4.78 is 6.75. The number of esters is 1. The van der Waals surface area contributed by atoms with Crippen LogP contribution in [0.1, 0.15) is 40.1 Å². The maximum absolute atomic E-state index is 12.8. The number of hydrogen-bond donors (Lipinski definition) is 1. The van der Waals surface area contributed by atoms with Gasteiger partial charge in [0.2, 0.25) is 0 Å². The molecule has 30 heavy (non-hydrogen) atoms. The van der Waals surface area contributed by atoms with Gasteiger partial charge in [-0.15, -0.1) is 11.3 Å². The summed E-state index contributed by atoms with van der Waals surface area (Å²) in [5, 5.41) is 5.98. The smallest absolute Gasteiger partial charge is 0.359 e. The number of thiophene rings is 1. The number of fused-ring (bicyclic) bond motifs is 2. The van der Waals surface area contributed by atoms with E-state index < -0.39 is 5.97 Å². The van der Waals surface area contributed by atoms with Crippen LogP contribution in [0.4, 0.5) is 5.82 Å². The molecule has 0 aliphatic carbocycles. The van der Waals surface area contributed by atoms with Crippen molar-refractivity contribution in [2.45, 2.75) is 40.3 Å². The summed E-state index contributed by atoms with van der Waals surface area (Å²) in [7, 11) is 0. The first kappa shape index (κ1) is 20.0. The van der Waals surface area contributed by atoms with Crippen LogP contribution in [0.25, 0.3) is 21.0 Å². The van der Waals surface area contributed by atoms with Gasteiger partial charge in [-0.3, -0.25) is 4.79 Å². The van der Waals surface area contributed by atoms with Gasteiger partial charge in [0, 0.05) is 16.8 Å². The van der Waals surface area contributed by atoms with Crippen molar-refractivity contribution < 1.29 is 9.53 Å². The second kappa shape index (κ2) is 7.83. The van der Waals surface area contributed by atoms with Gasteiger partial charge >= 0.3 is 5.97 Å². The summed E-state index contributed by atoms with van der Waals surface area (Å²) in [5.74, 6) is 0.0469. The van der Waals surface area contributed by atoms with Crippen molar-refractivity contribution in [1.29, 1.82) is 0 Å². The van der Waals surface area contributed by atoms with E-state index in [1.165, 1.54) is 16.0 Å². The lowest BCUT2D eigenvalue weighted by molar-refractivity contribution is 0.0455. The van der Waals surface area contributed by atoms with Crippen molar-refractivity contribution in [1.82, 2.24) is 19.7 Å². The molecule has 0 saturated heterocycles. The molecular formula is C21H21N5O3S. The van der Waals surface area contributed by atoms with Crippen LogP contribution >= 0.6 is 11.3 Å². The monoisotopic (exact) mass is 423 g/mol. The van der Waals surface area contributed by atoms with Crippen molar-refractivity contribution in [3.63, 3.8) is 0 Å². The van der Waals surface area contributed by atoms with Gasteiger partial charge in [-0.25, -0.2) is 19.4 Å². The quantitative estimate of drug-likeness (QED) is 0.490. The number of nitrogens with zero attached hydrogens (tertiary/aromatic N) is 4. The molecular weight excluding hydrogens is 402 g/mol. The molecule has 0 bridgehead atoms. The first-order valence-electron chi connectivity index (χ1n) is 9.59. The first-order valence-corrected chi connectivity index (χ1v) is 10.4. The van der Waals surface area contributed by atoms with E-state index in [2.05, 4.69) is 15.1 Å². The molecule has 0 aliphatic heterocycles. The van der Waals surface area contributed by atoms with Gasteiger partial charge < -0.3 is 10.5 Å². The van der Waals surface area contributed by atoms with Crippen molar-refractivity contribution >= 4 is 44.1 Å². The number of carbonyl (C=O) groups is 1. The van der Waals surface area contributed by atoms with Gasteiger partial charge in [0.25, 0.3) is 5.56 Å². The zero-order valence-corrected chi connectivity index (χ0v) is 17.7. The van der Waals surface area contributed by atoms with E-state index in [9.17, 15) is 9.59 Å². The molecule has 1 aromatic carbocycles. The molecule has 0 amide bonds. The molecule has 2 N–H and O–H groups in total. The van der Waals surface area contributed by atoms with Crippen LogP contribution in [0.3, 0.4) is 0 Å². The molecule has 0 aliphatic rings. The Morgan fingerprint density at radius 1 is 1.20 bits per heavy atom. The summed E-state index contributed by atoms with van der Waals surface area (Å²) in [5.41, 5.74) is 7.02. The number of anilines is 1. The molecule has 0 saturated carbocycles. The molecule has 0 radical (unpaired) electrons. The minimum atomic E-state index is -0.642. The molecule has 3 aromatic heterocycles. The van der Waals surface area contributed by atoms with Crippen molar-refractivity contribution in [3.8, 4) is 0 Å². The van der Waals surface area contributed by atoms with E-state index in [4.69, 9.17) is 10.5 Å². The van der Waals surface area contributed by atoms with Crippen molar-refractivity contribution in [2.75, 3.05) is 5.73 Å². The summed E-state index contributed by atoms with van der Waals surface area (Å²) in [4.78, 5) is 36.1. The van der Waals surface area contributed by atoms with Crippen LogP contribution in [-0.4, -0.2) is 25.7 Å². The Morgan fingerprint density at radius 3 is 2.67 bits per heavy atom. The topological polar surface area (TPSA) is 113 Å². The van der Waals surface area contributed by atoms with Gasteiger partial charge in [-0.1, -0.05) is 25.1 Å². The number of rotatable bonds is 5. The Labute approximate surface area is 176 Å². The van der Waals surface area contributed by atoms with Gasteiger partial charge in [0.15, 0.2) is 18.1 Å². The molecule has 3 heterocycles. The molecule has 0 unspecified atom stereocenters. The predicted octanol–water partition coefficient (Wildman–Crippen LogP) is 3.37. The highest BCUT2D eigenvalue weighted by atomic mass is 32.1. The van der Waals surface area contributed by atoms with Gasteiger partial charge in [-0.05, 0) is 31.9 Å². The van der Waals surface area contributed by atoms with Crippen molar-refractivity contribution in [2.24, 2.45) is 0 Å². The second-order valence-electron chi connectivity index (χ2n) is 6.99. The summed E-state index contributed by atoms with van der Waals surface area (Å²) in [6, 6.07) is 6.88. The van der Waals surface area contributed by atoms with E-state index >= 15 is 0 Å². The molecule has 8 nitrogen and oxygen atoms in total. The van der Waals surface area contributed by atoms with Crippen molar-refractivity contribution in [3.05, 3.63) is 56.6 Å². The zero-order valence-electron chi connectivity index (χ0n) is 16.9. The maximum Gasteiger partial charge on any atom is 0.359 e. The third-order valence-corrected chi connectivity index (χ3v) is 6.03. The molecule has 154 valence electrons. The van der Waals surface area contributed by atoms with Gasteiger partial charge in [-0.2, -0.15) is 5.10 Å². The molecule has 4 aromatic rings. The summed E-state index contributed by atoms with van der Waals surface area (Å²) in [6.07, 6.45) is 0.715. The summed E-state index contributed by atoms with van der Waals surface area (Å²) in [6.45, 7) is 6.20. The van der Waals surface area contributed by atoms with Crippen LogP contribution in [0.15, 0.2) is 29.1 Å². The van der Waals surface area contributed by atoms with E-state index in [1.807, 2.05) is 20.8 Å².